The van der Waals surface area contributed by atoms with E-state index in [9.17, 15) is 4.39 Å². The van der Waals surface area contributed by atoms with Gasteiger partial charge in [0.2, 0.25) is 0 Å². The number of aryl methyl sites for hydroxylation is 1. The van der Waals surface area contributed by atoms with Crippen LogP contribution >= 0.6 is 15.9 Å². The third kappa shape index (κ3) is 3.65. The number of hydrogen-bond donors (Lipinski definition) is 1. The lowest BCUT2D eigenvalue weighted by molar-refractivity contribution is 0.614. The first-order valence-electron chi connectivity index (χ1n) is 5.77. The first-order chi connectivity index (χ1) is 8.65. The van der Waals surface area contributed by atoms with Crippen molar-refractivity contribution in [3.63, 3.8) is 0 Å². The van der Waals surface area contributed by atoms with Crippen LogP contribution in [0.15, 0.2) is 35.1 Å². The van der Waals surface area contributed by atoms with Crippen LogP contribution in [0.25, 0.3) is 0 Å². The molecule has 0 fully saturated rings. The summed E-state index contributed by atoms with van der Waals surface area (Å²) in [5.41, 5.74) is 2.15. The Bertz CT molecular complexity index is 525. The average molecular weight is 312 g/mol. The SMILES string of the molecule is Cn1cc(CCNCc2ccc(Br)c(F)c2)cn1. The monoisotopic (exact) mass is 311 g/mol. The average Bonchev–Trinajstić information content (AvgIpc) is 2.75. The van der Waals surface area contributed by atoms with Crippen molar-refractivity contribution in [2.24, 2.45) is 7.05 Å². The number of nitrogens with one attached hydrogen (secondary N) is 1. The molecule has 3 nitrogen and oxygen atoms in total. The zero-order valence-corrected chi connectivity index (χ0v) is 11.7. The van der Waals surface area contributed by atoms with Crippen molar-refractivity contribution >= 4 is 15.9 Å². The molecule has 0 aliphatic heterocycles. The maximum Gasteiger partial charge on any atom is 0.137 e. The predicted octanol–water partition coefficient (Wildman–Crippen LogP) is 2.65. The van der Waals surface area contributed by atoms with E-state index in [1.165, 1.54) is 5.56 Å². The summed E-state index contributed by atoms with van der Waals surface area (Å²) < 4.78 is 15.6. The fourth-order valence-electron chi connectivity index (χ4n) is 1.72. The van der Waals surface area contributed by atoms with E-state index in [1.54, 1.807) is 16.8 Å². The molecule has 0 radical (unpaired) electrons. The molecule has 1 N–H and O–H groups in total. The van der Waals surface area contributed by atoms with E-state index >= 15 is 0 Å². The van der Waals surface area contributed by atoms with Crippen LogP contribution in [0.5, 0.6) is 0 Å². The van der Waals surface area contributed by atoms with Gasteiger partial charge in [0, 0.05) is 19.8 Å². The zero-order valence-electron chi connectivity index (χ0n) is 10.2. The minimum Gasteiger partial charge on any atom is -0.312 e. The highest BCUT2D eigenvalue weighted by molar-refractivity contribution is 9.10. The van der Waals surface area contributed by atoms with Gasteiger partial charge in [-0.1, -0.05) is 6.07 Å². The molecule has 1 aromatic heterocycles. The molecule has 0 bridgehead atoms. The molecule has 0 spiro atoms. The number of benzene rings is 1. The molecule has 0 unspecified atom stereocenters. The minimum absolute atomic E-state index is 0.221. The first-order valence-corrected chi connectivity index (χ1v) is 6.56. The van der Waals surface area contributed by atoms with E-state index in [-0.39, 0.29) is 5.82 Å². The normalized spacial score (nSPS) is 10.8. The summed E-state index contributed by atoms with van der Waals surface area (Å²) in [7, 11) is 1.90. The van der Waals surface area contributed by atoms with Gasteiger partial charge in [0.25, 0.3) is 0 Å². The summed E-state index contributed by atoms with van der Waals surface area (Å²) >= 11 is 3.14. The Labute approximate surface area is 114 Å². The van der Waals surface area contributed by atoms with Gasteiger partial charge in [-0.25, -0.2) is 4.39 Å². The summed E-state index contributed by atoms with van der Waals surface area (Å²) in [5.74, 6) is -0.221. The fraction of sp³-hybridized carbons (Fsp3) is 0.308. The van der Waals surface area contributed by atoms with Crippen LogP contribution in [0.4, 0.5) is 4.39 Å². The highest BCUT2D eigenvalue weighted by Gasteiger charge is 2.00. The second-order valence-corrected chi connectivity index (χ2v) is 5.05. The smallest absolute Gasteiger partial charge is 0.137 e. The van der Waals surface area contributed by atoms with Gasteiger partial charge in [-0.3, -0.25) is 4.68 Å². The summed E-state index contributed by atoms with van der Waals surface area (Å²) in [6.45, 7) is 1.52. The van der Waals surface area contributed by atoms with Crippen molar-refractivity contribution in [1.29, 1.82) is 0 Å². The minimum atomic E-state index is -0.221. The zero-order chi connectivity index (χ0) is 13.0. The summed E-state index contributed by atoms with van der Waals surface area (Å²) in [6.07, 6.45) is 4.79. The third-order valence-corrected chi connectivity index (χ3v) is 3.31. The molecule has 0 aliphatic carbocycles. The van der Waals surface area contributed by atoms with E-state index in [4.69, 9.17) is 0 Å². The van der Waals surface area contributed by atoms with Crippen molar-refractivity contribution in [2.75, 3.05) is 6.54 Å². The molecule has 18 heavy (non-hydrogen) atoms. The van der Waals surface area contributed by atoms with Crippen LogP contribution in [0.1, 0.15) is 11.1 Å². The van der Waals surface area contributed by atoms with Gasteiger partial charge in [0.1, 0.15) is 5.82 Å². The molecular weight excluding hydrogens is 297 g/mol. The van der Waals surface area contributed by atoms with Gasteiger partial charge in [0.05, 0.1) is 10.7 Å². The second kappa shape index (κ2) is 6.11. The van der Waals surface area contributed by atoms with Crippen molar-refractivity contribution < 1.29 is 4.39 Å². The number of halogens is 2. The van der Waals surface area contributed by atoms with Crippen molar-refractivity contribution in [3.05, 3.63) is 52.0 Å². The Morgan fingerprint density at radius 2 is 2.22 bits per heavy atom. The lowest BCUT2D eigenvalue weighted by atomic mass is 10.2. The van der Waals surface area contributed by atoms with E-state index in [0.29, 0.717) is 11.0 Å². The van der Waals surface area contributed by atoms with Crippen LogP contribution in [-0.2, 0) is 20.0 Å². The van der Waals surface area contributed by atoms with Gasteiger partial charge >= 0.3 is 0 Å². The van der Waals surface area contributed by atoms with E-state index in [1.807, 2.05) is 25.5 Å². The Morgan fingerprint density at radius 3 is 2.89 bits per heavy atom. The van der Waals surface area contributed by atoms with Crippen LogP contribution in [0.2, 0.25) is 0 Å². The van der Waals surface area contributed by atoms with Crippen molar-refractivity contribution in [2.45, 2.75) is 13.0 Å². The summed E-state index contributed by atoms with van der Waals surface area (Å²) in [5, 5.41) is 7.40. The largest absolute Gasteiger partial charge is 0.312 e. The second-order valence-electron chi connectivity index (χ2n) is 4.20. The number of hydrogen-bond acceptors (Lipinski definition) is 2. The Hall–Kier alpha value is -1.20. The maximum absolute atomic E-state index is 13.3. The van der Waals surface area contributed by atoms with Crippen molar-refractivity contribution in [3.8, 4) is 0 Å². The fourth-order valence-corrected chi connectivity index (χ4v) is 1.96. The molecule has 0 amide bonds. The quantitative estimate of drug-likeness (QED) is 0.860. The topological polar surface area (TPSA) is 29.9 Å². The molecule has 1 heterocycles. The molecule has 0 saturated heterocycles. The van der Waals surface area contributed by atoms with Gasteiger partial charge < -0.3 is 5.32 Å². The van der Waals surface area contributed by atoms with Crippen LogP contribution in [0.3, 0.4) is 0 Å². The van der Waals surface area contributed by atoms with E-state index < -0.39 is 0 Å². The molecule has 2 rings (SSSR count). The lowest BCUT2D eigenvalue weighted by Gasteiger charge is -2.05. The molecule has 0 aliphatic rings. The number of rotatable bonds is 5. The maximum atomic E-state index is 13.3. The van der Waals surface area contributed by atoms with Crippen LogP contribution in [-0.4, -0.2) is 16.3 Å². The van der Waals surface area contributed by atoms with Crippen molar-refractivity contribution in [1.82, 2.24) is 15.1 Å². The molecule has 0 atom stereocenters. The van der Waals surface area contributed by atoms with Crippen LogP contribution in [0, 0.1) is 5.82 Å². The van der Waals surface area contributed by atoms with Gasteiger partial charge in [0.15, 0.2) is 0 Å². The van der Waals surface area contributed by atoms with Gasteiger partial charge in [-0.2, -0.15) is 5.10 Å². The number of aromatic nitrogens is 2. The highest BCUT2D eigenvalue weighted by atomic mass is 79.9. The summed E-state index contributed by atoms with van der Waals surface area (Å²) in [6, 6.07) is 5.18. The van der Waals surface area contributed by atoms with Crippen LogP contribution < -0.4 is 5.32 Å². The highest BCUT2D eigenvalue weighted by Crippen LogP contribution is 2.16. The first kappa shape index (κ1) is 13.2. The molecule has 0 saturated carbocycles. The lowest BCUT2D eigenvalue weighted by Crippen LogP contribution is -2.16. The summed E-state index contributed by atoms with van der Waals surface area (Å²) in [4.78, 5) is 0. The number of nitrogens with zero attached hydrogens (tertiary/aromatic N) is 2. The molecule has 5 heteroatoms. The molecular formula is C13H15BrFN3. The van der Waals surface area contributed by atoms with Gasteiger partial charge in [-0.15, -0.1) is 0 Å². The predicted molar refractivity (Wildman–Crippen MR) is 72.7 cm³/mol. The van der Waals surface area contributed by atoms with Gasteiger partial charge in [-0.05, 0) is 52.2 Å². The Balaban J connectivity index is 1.76. The standard InChI is InChI=1S/C13H15BrFN3/c1-18-9-11(8-17-18)4-5-16-7-10-2-3-12(14)13(15)6-10/h2-3,6,8-9,16H,4-5,7H2,1H3. The van der Waals surface area contributed by atoms with E-state index in [0.717, 1.165) is 18.5 Å². The third-order valence-electron chi connectivity index (χ3n) is 2.66. The Kier molecular flexibility index (Phi) is 4.49. The molecule has 2 aromatic rings. The molecule has 1 aromatic carbocycles. The van der Waals surface area contributed by atoms with E-state index in [2.05, 4.69) is 26.3 Å². The Morgan fingerprint density at radius 1 is 1.39 bits per heavy atom. The molecule has 96 valence electrons.